The summed E-state index contributed by atoms with van der Waals surface area (Å²) in [6.07, 6.45) is 0. The first-order valence-corrected chi connectivity index (χ1v) is 11.2. The molecule has 3 rings (SSSR count). The lowest BCUT2D eigenvalue weighted by atomic mass is 10.2. The van der Waals surface area contributed by atoms with Gasteiger partial charge in [-0.05, 0) is 61.4 Å². The highest BCUT2D eigenvalue weighted by Crippen LogP contribution is 2.27. The highest BCUT2D eigenvalue weighted by Gasteiger charge is 2.17. The summed E-state index contributed by atoms with van der Waals surface area (Å²) in [5.74, 6) is -0.169. The zero-order valence-corrected chi connectivity index (χ0v) is 18.7. The van der Waals surface area contributed by atoms with Crippen LogP contribution in [0.4, 0.5) is 15.8 Å². The predicted octanol–water partition coefficient (Wildman–Crippen LogP) is 5.41. The standard InChI is InChI=1S/C25H25FN2O3S/c1-17-8-13-22(23(14-17)31-15-19-6-4-3-5-7-19)28-25(30)18(2)32-16-24(29)27-21-11-9-20(26)10-12-21/h3-14,18H,15-16H2,1-2H3,(H,27,29)(H,28,30). The molecule has 0 bridgehead atoms. The summed E-state index contributed by atoms with van der Waals surface area (Å²) < 4.78 is 18.9. The normalized spacial score (nSPS) is 11.5. The Bertz CT molecular complexity index is 1060. The van der Waals surface area contributed by atoms with Gasteiger partial charge in [0.15, 0.2) is 0 Å². The van der Waals surface area contributed by atoms with Crippen molar-refractivity contribution < 1.29 is 18.7 Å². The number of carbonyl (C=O) groups is 2. The van der Waals surface area contributed by atoms with Crippen molar-refractivity contribution in [3.63, 3.8) is 0 Å². The van der Waals surface area contributed by atoms with Crippen LogP contribution in [-0.4, -0.2) is 22.8 Å². The number of thioether (sulfide) groups is 1. The van der Waals surface area contributed by atoms with E-state index in [1.165, 1.54) is 36.0 Å². The van der Waals surface area contributed by atoms with Gasteiger partial charge >= 0.3 is 0 Å². The zero-order valence-electron chi connectivity index (χ0n) is 17.9. The quantitative estimate of drug-likeness (QED) is 0.455. The number of nitrogens with one attached hydrogen (secondary N) is 2. The Morgan fingerprint density at radius 2 is 1.72 bits per heavy atom. The van der Waals surface area contributed by atoms with E-state index in [1.54, 1.807) is 6.92 Å². The van der Waals surface area contributed by atoms with Gasteiger partial charge in [0.05, 0.1) is 16.7 Å². The first-order chi connectivity index (χ1) is 15.4. The van der Waals surface area contributed by atoms with Crippen LogP contribution in [-0.2, 0) is 16.2 Å². The van der Waals surface area contributed by atoms with E-state index in [4.69, 9.17) is 4.74 Å². The lowest BCUT2D eigenvalue weighted by molar-refractivity contribution is -0.115. The summed E-state index contributed by atoms with van der Waals surface area (Å²) in [6.45, 7) is 4.09. The fraction of sp³-hybridized carbons (Fsp3) is 0.200. The molecular formula is C25H25FN2O3S. The smallest absolute Gasteiger partial charge is 0.237 e. The van der Waals surface area contributed by atoms with Crippen molar-refractivity contribution in [3.8, 4) is 5.75 Å². The minimum atomic E-state index is -0.461. The Kier molecular flexibility index (Phi) is 8.27. The second kappa shape index (κ2) is 11.3. The average molecular weight is 453 g/mol. The van der Waals surface area contributed by atoms with Crippen molar-refractivity contribution in [1.29, 1.82) is 0 Å². The van der Waals surface area contributed by atoms with Crippen LogP contribution in [0.15, 0.2) is 72.8 Å². The van der Waals surface area contributed by atoms with E-state index in [0.29, 0.717) is 23.7 Å². The van der Waals surface area contributed by atoms with Crippen LogP contribution in [0.3, 0.4) is 0 Å². The van der Waals surface area contributed by atoms with Crippen molar-refractivity contribution in [2.45, 2.75) is 25.7 Å². The van der Waals surface area contributed by atoms with Gasteiger partial charge in [0.2, 0.25) is 11.8 Å². The molecule has 0 aliphatic rings. The third-order valence-corrected chi connectivity index (χ3v) is 5.74. The van der Waals surface area contributed by atoms with Gasteiger partial charge in [-0.25, -0.2) is 4.39 Å². The zero-order chi connectivity index (χ0) is 22.9. The molecule has 1 atom stereocenters. The molecule has 2 amide bonds. The van der Waals surface area contributed by atoms with Crippen molar-refractivity contribution in [2.75, 3.05) is 16.4 Å². The van der Waals surface area contributed by atoms with Gasteiger partial charge in [0.25, 0.3) is 0 Å². The summed E-state index contributed by atoms with van der Waals surface area (Å²) in [5.41, 5.74) is 3.14. The molecular weight excluding hydrogens is 427 g/mol. The monoisotopic (exact) mass is 452 g/mol. The van der Waals surface area contributed by atoms with Gasteiger partial charge in [0.1, 0.15) is 18.2 Å². The SMILES string of the molecule is Cc1ccc(NC(=O)C(C)SCC(=O)Nc2ccc(F)cc2)c(OCc2ccccc2)c1. The number of halogens is 1. The third kappa shape index (κ3) is 7.13. The number of amides is 2. The molecule has 2 N–H and O–H groups in total. The highest BCUT2D eigenvalue weighted by atomic mass is 32.2. The first kappa shape index (κ1) is 23.3. The number of rotatable bonds is 9. The van der Waals surface area contributed by atoms with E-state index in [9.17, 15) is 14.0 Å². The molecule has 0 aliphatic heterocycles. The van der Waals surface area contributed by atoms with E-state index >= 15 is 0 Å². The highest BCUT2D eigenvalue weighted by molar-refractivity contribution is 8.01. The minimum Gasteiger partial charge on any atom is -0.487 e. The maximum Gasteiger partial charge on any atom is 0.237 e. The number of carbonyl (C=O) groups excluding carboxylic acids is 2. The second-order valence-electron chi connectivity index (χ2n) is 7.27. The Balaban J connectivity index is 1.53. The molecule has 166 valence electrons. The number of benzene rings is 3. The molecule has 0 saturated heterocycles. The summed E-state index contributed by atoms with van der Waals surface area (Å²) in [5, 5.41) is 5.12. The molecule has 5 nitrogen and oxygen atoms in total. The lowest BCUT2D eigenvalue weighted by Gasteiger charge is -2.16. The summed E-state index contributed by atoms with van der Waals surface area (Å²) in [6, 6.07) is 20.9. The van der Waals surface area contributed by atoms with Crippen molar-refractivity contribution >= 4 is 35.0 Å². The largest absolute Gasteiger partial charge is 0.487 e. The number of hydrogen-bond acceptors (Lipinski definition) is 4. The topological polar surface area (TPSA) is 67.4 Å². The summed E-state index contributed by atoms with van der Waals surface area (Å²) in [7, 11) is 0. The van der Waals surface area contributed by atoms with Crippen molar-refractivity contribution in [2.24, 2.45) is 0 Å². The van der Waals surface area contributed by atoms with Crippen LogP contribution in [0.25, 0.3) is 0 Å². The van der Waals surface area contributed by atoms with Gasteiger partial charge in [-0.2, -0.15) is 0 Å². The predicted molar refractivity (Wildman–Crippen MR) is 128 cm³/mol. The Morgan fingerprint density at radius 1 is 1.00 bits per heavy atom. The van der Waals surface area contributed by atoms with Crippen LogP contribution in [0, 0.1) is 12.7 Å². The van der Waals surface area contributed by atoms with Crippen LogP contribution < -0.4 is 15.4 Å². The summed E-state index contributed by atoms with van der Waals surface area (Å²) >= 11 is 1.21. The molecule has 0 heterocycles. The van der Waals surface area contributed by atoms with Gasteiger partial charge in [0, 0.05) is 5.69 Å². The van der Waals surface area contributed by atoms with Crippen LogP contribution in [0.5, 0.6) is 5.75 Å². The fourth-order valence-corrected chi connectivity index (χ4v) is 3.51. The van der Waals surface area contributed by atoms with Gasteiger partial charge in [-0.1, -0.05) is 36.4 Å². The van der Waals surface area contributed by atoms with Crippen LogP contribution in [0.2, 0.25) is 0 Å². The molecule has 0 fully saturated rings. The molecule has 0 aliphatic carbocycles. The van der Waals surface area contributed by atoms with E-state index < -0.39 is 5.25 Å². The van der Waals surface area contributed by atoms with E-state index in [2.05, 4.69) is 10.6 Å². The van der Waals surface area contributed by atoms with Gasteiger partial charge < -0.3 is 15.4 Å². The van der Waals surface area contributed by atoms with E-state index in [1.807, 2.05) is 55.5 Å². The molecule has 0 radical (unpaired) electrons. The minimum absolute atomic E-state index is 0.0945. The second-order valence-corrected chi connectivity index (χ2v) is 8.60. The maximum absolute atomic E-state index is 13.0. The molecule has 0 saturated carbocycles. The fourth-order valence-electron chi connectivity index (χ4n) is 2.83. The molecule has 1 unspecified atom stereocenters. The number of aryl methyl sites for hydroxylation is 1. The summed E-state index contributed by atoms with van der Waals surface area (Å²) in [4.78, 5) is 24.8. The van der Waals surface area contributed by atoms with Crippen molar-refractivity contribution in [1.82, 2.24) is 0 Å². The van der Waals surface area contributed by atoms with Gasteiger partial charge in [-0.3, -0.25) is 9.59 Å². The molecule has 0 aromatic heterocycles. The molecule has 3 aromatic rings. The Morgan fingerprint density at radius 3 is 2.44 bits per heavy atom. The van der Waals surface area contributed by atoms with Crippen molar-refractivity contribution in [3.05, 3.63) is 89.7 Å². The van der Waals surface area contributed by atoms with E-state index in [0.717, 1.165) is 11.1 Å². The Hall–Kier alpha value is -3.32. The third-order valence-electron chi connectivity index (χ3n) is 4.59. The van der Waals surface area contributed by atoms with Crippen LogP contribution in [0.1, 0.15) is 18.1 Å². The first-order valence-electron chi connectivity index (χ1n) is 10.2. The molecule has 32 heavy (non-hydrogen) atoms. The van der Waals surface area contributed by atoms with Crippen LogP contribution >= 0.6 is 11.8 Å². The molecule has 0 spiro atoms. The molecule has 7 heteroatoms. The average Bonchev–Trinajstić information content (AvgIpc) is 2.79. The number of ether oxygens (including phenoxy) is 1. The molecule has 3 aromatic carbocycles. The number of anilines is 2. The van der Waals surface area contributed by atoms with Gasteiger partial charge in [-0.15, -0.1) is 11.8 Å². The lowest BCUT2D eigenvalue weighted by Crippen LogP contribution is -2.25. The Labute approximate surface area is 191 Å². The maximum atomic E-state index is 13.0. The van der Waals surface area contributed by atoms with E-state index in [-0.39, 0.29) is 23.4 Å². The number of hydrogen-bond donors (Lipinski definition) is 2.